The summed E-state index contributed by atoms with van der Waals surface area (Å²) in [4.78, 5) is 14.6. The number of halogens is 3. The predicted octanol–water partition coefficient (Wildman–Crippen LogP) is 3.51. The summed E-state index contributed by atoms with van der Waals surface area (Å²) in [6.07, 6.45) is -3.53. The normalized spacial score (nSPS) is 11.3. The van der Waals surface area contributed by atoms with Gasteiger partial charge in [-0.3, -0.25) is 4.98 Å². The number of rotatable bonds is 3. The lowest BCUT2D eigenvalue weighted by Crippen LogP contribution is -2.04. The zero-order valence-electron chi connectivity index (χ0n) is 9.82. The highest BCUT2D eigenvalue weighted by molar-refractivity contribution is 5.61. The maximum absolute atomic E-state index is 12.6. The van der Waals surface area contributed by atoms with E-state index < -0.39 is 11.7 Å². The first-order valence-electron chi connectivity index (χ1n) is 5.58. The van der Waals surface area contributed by atoms with Crippen molar-refractivity contribution in [3.63, 3.8) is 0 Å². The molecule has 0 aliphatic rings. The second-order valence-electron chi connectivity index (χ2n) is 3.96. The number of alkyl halides is 3. The quantitative estimate of drug-likeness (QED) is 0.795. The van der Waals surface area contributed by atoms with E-state index in [0.29, 0.717) is 23.2 Å². The minimum absolute atomic E-state index is 0.146. The first-order valence-corrected chi connectivity index (χ1v) is 5.58. The summed E-state index contributed by atoms with van der Waals surface area (Å²) in [7, 11) is 0. The average Bonchev–Trinajstić information content (AvgIpc) is 2.39. The second kappa shape index (κ2) is 5.22. The standard InChI is InChI=1S/C14H10F3NO/c15-14(16,17)11-4-1-3-10(9-11)13-6-2-5-12(18-13)7-8-19/h1-6,8-9H,7H2. The Hall–Kier alpha value is -2.17. The van der Waals surface area contributed by atoms with Gasteiger partial charge >= 0.3 is 6.18 Å². The monoisotopic (exact) mass is 265 g/mol. The fourth-order valence-electron chi connectivity index (χ4n) is 1.69. The summed E-state index contributed by atoms with van der Waals surface area (Å²) in [5.74, 6) is 0. The lowest BCUT2D eigenvalue weighted by Gasteiger charge is -2.08. The molecule has 1 aromatic carbocycles. The lowest BCUT2D eigenvalue weighted by molar-refractivity contribution is -0.137. The van der Waals surface area contributed by atoms with Crippen molar-refractivity contribution in [1.29, 1.82) is 0 Å². The number of carbonyl (C=O) groups is 1. The molecule has 0 N–H and O–H groups in total. The van der Waals surface area contributed by atoms with Crippen molar-refractivity contribution in [3.8, 4) is 11.3 Å². The van der Waals surface area contributed by atoms with Crippen molar-refractivity contribution in [3.05, 3.63) is 53.7 Å². The maximum Gasteiger partial charge on any atom is 0.416 e. The van der Waals surface area contributed by atoms with Gasteiger partial charge in [-0.1, -0.05) is 18.2 Å². The van der Waals surface area contributed by atoms with E-state index in [0.717, 1.165) is 12.1 Å². The van der Waals surface area contributed by atoms with Crippen molar-refractivity contribution in [2.75, 3.05) is 0 Å². The first kappa shape index (κ1) is 13.3. The molecule has 0 saturated carbocycles. The fourth-order valence-corrected chi connectivity index (χ4v) is 1.69. The molecular formula is C14H10F3NO. The van der Waals surface area contributed by atoms with Crippen LogP contribution in [-0.4, -0.2) is 11.3 Å². The molecule has 0 atom stereocenters. The van der Waals surface area contributed by atoms with Gasteiger partial charge in [-0.25, -0.2) is 0 Å². The zero-order chi connectivity index (χ0) is 13.9. The molecule has 0 aliphatic heterocycles. The molecule has 2 nitrogen and oxygen atoms in total. The van der Waals surface area contributed by atoms with Gasteiger partial charge < -0.3 is 4.79 Å². The van der Waals surface area contributed by atoms with E-state index in [1.165, 1.54) is 6.07 Å². The summed E-state index contributed by atoms with van der Waals surface area (Å²) >= 11 is 0. The molecule has 1 aromatic heterocycles. The van der Waals surface area contributed by atoms with Crippen LogP contribution in [0.15, 0.2) is 42.5 Å². The Morgan fingerprint density at radius 1 is 1.11 bits per heavy atom. The summed E-state index contributed by atoms with van der Waals surface area (Å²) in [5.41, 5.74) is 0.616. The molecule has 0 spiro atoms. The molecule has 0 aliphatic carbocycles. The van der Waals surface area contributed by atoms with Crippen LogP contribution in [0.25, 0.3) is 11.3 Å². The molecule has 1 heterocycles. The van der Waals surface area contributed by atoms with Crippen molar-refractivity contribution >= 4 is 6.29 Å². The van der Waals surface area contributed by atoms with Crippen LogP contribution in [0.1, 0.15) is 11.3 Å². The van der Waals surface area contributed by atoms with Gasteiger partial charge in [0.1, 0.15) is 6.29 Å². The van der Waals surface area contributed by atoms with Gasteiger partial charge in [-0.2, -0.15) is 13.2 Å². The van der Waals surface area contributed by atoms with E-state index >= 15 is 0 Å². The molecule has 19 heavy (non-hydrogen) atoms. The number of pyridine rings is 1. The van der Waals surface area contributed by atoms with Crippen LogP contribution in [0.5, 0.6) is 0 Å². The summed E-state index contributed by atoms with van der Waals surface area (Å²) in [6, 6.07) is 9.90. The number of nitrogens with zero attached hydrogens (tertiary/aromatic N) is 1. The highest BCUT2D eigenvalue weighted by Crippen LogP contribution is 2.31. The SMILES string of the molecule is O=CCc1cccc(-c2cccc(C(F)(F)F)c2)n1. The van der Waals surface area contributed by atoms with Crippen molar-refractivity contribution in [1.82, 2.24) is 4.98 Å². The first-order chi connectivity index (χ1) is 9.00. The van der Waals surface area contributed by atoms with Crippen molar-refractivity contribution in [2.24, 2.45) is 0 Å². The maximum atomic E-state index is 12.6. The van der Waals surface area contributed by atoms with Crippen LogP contribution in [0.2, 0.25) is 0 Å². The van der Waals surface area contributed by atoms with Crippen molar-refractivity contribution < 1.29 is 18.0 Å². The minimum Gasteiger partial charge on any atom is -0.303 e. The predicted molar refractivity (Wildman–Crippen MR) is 64.4 cm³/mol. The molecule has 5 heteroatoms. The number of carbonyl (C=O) groups excluding carboxylic acids is 1. The summed E-state index contributed by atoms with van der Waals surface area (Å²) in [6.45, 7) is 0. The van der Waals surface area contributed by atoms with E-state index in [9.17, 15) is 18.0 Å². The molecule has 2 rings (SSSR count). The van der Waals surface area contributed by atoms with E-state index in [-0.39, 0.29) is 6.42 Å². The van der Waals surface area contributed by atoms with Gasteiger partial charge in [-0.05, 0) is 24.3 Å². The summed E-state index contributed by atoms with van der Waals surface area (Å²) < 4.78 is 37.9. The van der Waals surface area contributed by atoms with Crippen molar-refractivity contribution in [2.45, 2.75) is 12.6 Å². The molecule has 98 valence electrons. The average molecular weight is 265 g/mol. The number of aromatic nitrogens is 1. The lowest BCUT2D eigenvalue weighted by atomic mass is 10.1. The van der Waals surface area contributed by atoms with E-state index in [1.807, 2.05) is 0 Å². The highest BCUT2D eigenvalue weighted by atomic mass is 19.4. The topological polar surface area (TPSA) is 30.0 Å². The zero-order valence-corrected chi connectivity index (χ0v) is 9.82. The Bertz CT molecular complexity index is 593. The van der Waals surface area contributed by atoms with Gasteiger partial charge in [-0.15, -0.1) is 0 Å². The number of hydrogen-bond donors (Lipinski definition) is 0. The molecule has 0 bridgehead atoms. The van der Waals surface area contributed by atoms with Crippen LogP contribution in [0.3, 0.4) is 0 Å². The Morgan fingerprint density at radius 3 is 2.53 bits per heavy atom. The third-order valence-electron chi connectivity index (χ3n) is 2.58. The molecular weight excluding hydrogens is 255 g/mol. The van der Waals surface area contributed by atoms with E-state index in [1.54, 1.807) is 24.3 Å². The minimum atomic E-state index is -4.38. The van der Waals surface area contributed by atoms with Crippen LogP contribution in [0.4, 0.5) is 13.2 Å². The van der Waals surface area contributed by atoms with E-state index in [4.69, 9.17) is 0 Å². The molecule has 0 radical (unpaired) electrons. The van der Waals surface area contributed by atoms with Gasteiger partial charge in [0.15, 0.2) is 0 Å². The van der Waals surface area contributed by atoms with Crippen LogP contribution in [-0.2, 0) is 17.4 Å². The van der Waals surface area contributed by atoms with Crippen LogP contribution < -0.4 is 0 Å². The van der Waals surface area contributed by atoms with Gasteiger partial charge in [0.25, 0.3) is 0 Å². The smallest absolute Gasteiger partial charge is 0.303 e. The third kappa shape index (κ3) is 3.19. The van der Waals surface area contributed by atoms with E-state index in [2.05, 4.69) is 4.98 Å². The van der Waals surface area contributed by atoms with Gasteiger partial charge in [0.05, 0.1) is 11.3 Å². The Balaban J connectivity index is 2.41. The Kier molecular flexibility index (Phi) is 3.64. The molecule has 2 aromatic rings. The molecule has 0 amide bonds. The van der Waals surface area contributed by atoms with Crippen LogP contribution >= 0.6 is 0 Å². The fraction of sp³-hybridized carbons (Fsp3) is 0.143. The molecule has 0 saturated heterocycles. The van der Waals surface area contributed by atoms with Gasteiger partial charge in [0.2, 0.25) is 0 Å². The largest absolute Gasteiger partial charge is 0.416 e. The second-order valence-corrected chi connectivity index (χ2v) is 3.96. The number of hydrogen-bond acceptors (Lipinski definition) is 2. The Labute approximate surface area is 107 Å². The number of benzene rings is 1. The Morgan fingerprint density at radius 2 is 1.84 bits per heavy atom. The highest BCUT2D eigenvalue weighted by Gasteiger charge is 2.30. The third-order valence-corrected chi connectivity index (χ3v) is 2.58. The van der Waals surface area contributed by atoms with Crippen LogP contribution in [0, 0.1) is 0 Å². The molecule has 0 fully saturated rings. The van der Waals surface area contributed by atoms with Gasteiger partial charge in [0, 0.05) is 17.7 Å². The summed E-state index contributed by atoms with van der Waals surface area (Å²) in [5, 5.41) is 0. The number of aldehydes is 1. The molecule has 0 unspecified atom stereocenters.